The third-order valence-corrected chi connectivity index (χ3v) is 2.30. The summed E-state index contributed by atoms with van der Waals surface area (Å²) in [6.07, 6.45) is -0.872. The van der Waals surface area contributed by atoms with Gasteiger partial charge in [-0.1, -0.05) is 0 Å². The first kappa shape index (κ1) is 12.8. The van der Waals surface area contributed by atoms with Gasteiger partial charge >= 0.3 is 0 Å². The topological polar surface area (TPSA) is 95.6 Å². The monoisotopic (exact) mass is 244 g/mol. The zero-order valence-electron chi connectivity index (χ0n) is 8.33. The molecular weight excluding hydrogens is 232 g/mol. The van der Waals surface area contributed by atoms with Gasteiger partial charge in [-0.2, -0.15) is 0 Å². The molecule has 0 bridgehead atoms. The van der Waals surface area contributed by atoms with E-state index in [-0.39, 0.29) is 18.8 Å². The summed E-state index contributed by atoms with van der Waals surface area (Å²) >= 11 is 4.08. The molecule has 0 aliphatic carbocycles. The van der Waals surface area contributed by atoms with Crippen LogP contribution in [0.25, 0.3) is 0 Å². The van der Waals surface area contributed by atoms with Crippen LogP contribution in [-0.2, 0) is 0 Å². The number of nitro groups is 1. The van der Waals surface area contributed by atoms with Crippen LogP contribution in [0.4, 0.5) is 11.4 Å². The van der Waals surface area contributed by atoms with Crippen molar-refractivity contribution in [2.45, 2.75) is 11.0 Å². The third-order valence-electron chi connectivity index (χ3n) is 1.93. The lowest BCUT2D eigenvalue weighted by Gasteiger charge is -2.11. The Labute approximate surface area is 97.5 Å². The van der Waals surface area contributed by atoms with E-state index in [1.54, 1.807) is 0 Å². The van der Waals surface area contributed by atoms with E-state index >= 15 is 0 Å². The number of thiol groups is 1. The number of nitrogens with zero attached hydrogens (tertiary/aromatic N) is 1. The zero-order chi connectivity index (χ0) is 12.1. The molecule has 0 heterocycles. The number of anilines is 1. The quantitative estimate of drug-likeness (QED) is 0.346. The predicted octanol–water partition coefficient (Wildman–Crippen LogP) is 0.649. The molecular formula is C9H12N2O4S. The van der Waals surface area contributed by atoms with Crippen LogP contribution in [0, 0.1) is 10.1 Å². The Morgan fingerprint density at radius 1 is 1.56 bits per heavy atom. The summed E-state index contributed by atoms with van der Waals surface area (Å²) in [5.74, 6) is 0. The molecule has 0 radical (unpaired) electrons. The Morgan fingerprint density at radius 3 is 2.75 bits per heavy atom. The molecule has 6 nitrogen and oxygen atoms in total. The number of nitro benzene ring substituents is 1. The molecule has 0 saturated heterocycles. The van der Waals surface area contributed by atoms with E-state index in [0.29, 0.717) is 10.6 Å². The number of rotatable bonds is 5. The van der Waals surface area contributed by atoms with E-state index in [1.807, 2.05) is 0 Å². The van der Waals surface area contributed by atoms with Crippen LogP contribution < -0.4 is 5.32 Å². The van der Waals surface area contributed by atoms with Crippen LogP contribution in [0.2, 0.25) is 0 Å². The van der Waals surface area contributed by atoms with Gasteiger partial charge < -0.3 is 15.5 Å². The minimum atomic E-state index is -0.872. The van der Waals surface area contributed by atoms with Gasteiger partial charge in [0.25, 0.3) is 5.69 Å². The summed E-state index contributed by atoms with van der Waals surface area (Å²) in [5.41, 5.74) is 0.527. The summed E-state index contributed by atoms with van der Waals surface area (Å²) in [4.78, 5) is 10.4. The van der Waals surface area contributed by atoms with Crippen molar-refractivity contribution in [3.8, 4) is 0 Å². The minimum Gasteiger partial charge on any atom is -0.394 e. The molecule has 16 heavy (non-hydrogen) atoms. The van der Waals surface area contributed by atoms with Crippen molar-refractivity contribution >= 4 is 24.0 Å². The molecule has 0 amide bonds. The summed E-state index contributed by atoms with van der Waals surface area (Å²) in [5, 5.41) is 31.0. The van der Waals surface area contributed by atoms with Gasteiger partial charge in [0.2, 0.25) is 0 Å². The highest BCUT2D eigenvalue weighted by Gasteiger charge is 2.09. The van der Waals surface area contributed by atoms with Gasteiger partial charge in [0.05, 0.1) is 17.6 Å². The van der Waals surface area contributed by atoms with Crippen LogP contribution in [0.15, 0.2) is 23.1 Å². The maximum atomic E-state index is 10.5. The lowest BCUT2D eigenvalue weighted by Crippen LogP contribution is -2.23. The SMILES string of the molecule is O=[N+]([O-])c1ccc(NCC(O)CO)c(S)c1. The number of aliphatic hydroxyl groups is 2. The second kappa shape index (κ2) is 5.69. The number of nitrogens with one attached hydrogen (secondary N) is 1. The molecule has 1 unspecified atom stereocenters. The fourth-order valence-electron chi connectivity index (χ4n) is 1.08. The van der Waals surface area contributed by atoms with Crippen molar-refractivity contribution < 1.29 is 15.1 Å². The van der Waals surface area contributed by atoms with Gasteiger partial charge in [-0.15, -0.1) is 12.6 Å². The minimum absolute atomic E-state index is 0.0433. The van der Waals surface area contributed by atoms with Crippen LogP contribution >= 0.6 is 12.6 Å². The second-order valence-electron chi connectivity index (χ2n) is 3.18. The molecule has 88 valence electrons. The van der Waals surface area contributed by atoms with E-state index in [9.17, 15) is 10.1 Å². The first-order valence-corrected chi connectivity index (χ1v) is 4.99. The van der Waals surface area contributed by atoms with Crippen molar-refractivity contribution in [3.63, 3.8) is 0 Å². The average molecular weight is 244 g/mol. The van der Waals surface area contributed by atoms with Crippen molar-refractivity contribution in [1.82, 2.24) is 0 Å². The highest BCUT2D eigenvalue weighted by molar-refractivity contribution is 7.80. The standard InChI is InChI=1S/C9H12N2O4S/c12-5-7(13)4-10-8-2-1-6(11(14)15)3-9(8)16/h1-3,7,10,12-13,16H,4-5H2. The average Bonchev–Trinajstić information content (AvgIpc) is 2.26. The zero-order valence-corrected chi connectivity index (χ0v) is 9.22. The summed E-state index contributed by atoms with van der Waals surface area (Å²) in [6.45, 7) is -0.191. The van der Waals surface area contributed by atoms with Crippen LogP contribution in [0.3, 0.4) is 0 Å². The lowest BCUT2D eigenvalue weighted by molar-refractivity contribution is -0.385. The van der Waals surface area contributed by atoms with Crippen molar-refractivity contribution in [1.29, 1.82) is 0 Å². The normalized spacial score (nSPS) is 12.2. The van der Waals surface area contributed by atoms with E-state index in [1.165, 1.54) is 18.2 Å². The first-order chi connectivity index (χ1) is 7.54. The van der Waals surface area contributed by atoms with Crippen molar-refractivity contribution in [2.75, 3.05) is 18.5 Å². The molecule has 0 fully saturated rings. The Bertz CT molecular complexity index is 386. The van der Waals surface area contributed by atoms with E-state index < -0.39 is 11.0 Å². The number of benzene rings is 1. The van der Waals surface area contributed by atoms with Crippen molar-refractivity contribution in [2.24, 2.45) is 0 Å². The molecule has 7 heteroatoms. The molecule has 1 rings (SSSR count). The third kappa shape index (κ3) is 3.37. The van der Waals surface area contributed by atoms with E-state index in [2.05, 4.69) is 17.9 Å². The molecule has 1 aromatic carbocycles. The molecule has 0 spiro atoms. The summed E-state index contributed by atoms with van der Waals surface area (Å²) in [6, 6.07) is 4.16. The van der Waals surface area contributed by atoms with Gasteiger partial charge in [0, 0.05) is 29.3 Å². The highest BCUT2D eigenvalue weighted by atomic mass is 32.1. The predicted molar refractivity (Wildman–Crippen MR) is 61.9 cm³/mol. The largest absolute Gasteiger partial charge is 0.394 e. The van der Waals surface area contributed by atoms with Crippen LogP contribution in [0.1, 0.15) is 0 Å². The van der Waals surface area contributed by atoms with Gasteiger partial charge in [0.15, 0.2) is 0 Å². The van der Waals surface area contributed by atoms with Gasteiger partial charge in [-0.25, -0.2) is 0 Å². The van der Waals surface area contributed by atoms with E-state index in [0.717, 1.165) is 0 Å². The molecule has 1 aromatic rings. The first-order valence-electron chi connectivity index (χ1n) is 4.54. The smallest absolute Gasteiger partial charge is 0.270 e. The number of non-ortho nitro benzene ring substituents is 1. The molecule has 0 aliphatic rings. The summed E-state index contributed by atoms with van der Waals surface area (Å²) < 4.78 is 0. The fourth-order valence-corrected chi connectivity index (χ4v) is 1.36. The lowest BCUT2D eigenvalue weighted by atomic mass is 10.2. The summed E-state index contributed by atoms with van der Waals surface area (Å²) in [7, 11) is 0. The Hall–Kier alpha value is -1.31. The Kier molecular flexibility index (Phi) is 4.53. The molecule has 0 aliphatic heterocycles. The van der Waals surface area contributed by atoms with Gasteiger partial charge in [-0.05, 0) is 6.07 Å². The maximum Gasteiger partial charge on any atom is 0.270 e. The van der Waals surface area contributed by atoms with Crippen LogP contribution in [0.5, 0.6) is 0 Å². The molecule has 3 N–H and O–H groups in total. The number of aliphatic hydroxyl groups excluding tert-OH is 2. The maximum absolute atomic E-state index is 10.5. The number of hydrogen-bond donors (Lipinski definition) is 4. The molecule has 0 aromatic heterocycles. The highest BCUT2D eigenvalue weighted by Crippen LogP contribution is 2.24. The fraction of sp³-hybridized carbons (Fsp3) is 0.333. The Morgan fingerprint density at radius 2 is 2.25 bits per heavy atom. The molecule has 0 saturated carbocycles. The van der Waals surface area contributed by atoms with Gasteiger partial charge in [-0.3, -0.25) is 10.1 Å². The molecule has 1 atom stereocenters. The van der Waals surface area contributed by atoms with Crippen LogP contribution in [-0.4, -0.2) is 34.4 Å². The number of hydrogen-bond acceptors (Lipinski definition) is 6. The van der Waals surface area contributed by atoms with Crippen molar-refractivity contribution in [3.05, 3.63) is 28.3 Å². The van der Waals surface area contributed by atoms with Gasteiger partial charge in [0.1, 0.15) is 0 Å². The van der Waals surface area contributed by atoms with E-state index in [4.69, 9.17) is 10.2 Å². The second-order valence-corrected chi connectivity index (χ2v) is 3.66. The Balaban J connectivity index is 2.72.